The second-order valence-corrected chi connectivity index (χ2v) is 13.2. The van der Waals surface area contributed by atoms with Crippen molar-refractivity contribution in [3.8, 4) is 21.3 Å². The predicted molar refractivity (Wildman–Crippen MR) is 143 cm³/mol. The SMILES string of the molecule is CC1COCCN1C(=O)c1nc(-c2nnc(C(C)(C)O)o2)sc1-c1ccc(S(=O)(=O)NC(C)C(F)(F)F)c(Cl)c1Cl. The van der Waals surface area contributed by atoms with Crippen LogP contribution in [0.2, 0.25) is 10.0 Å². The highest BCUT2D eigenvalue weighted by molar-refractivity contribution is 7.89. The molecule has 2 N–H and O–H groups in total. The largest absolute Gasteiger partial charge is 0.415 e. The number of nitrogens with one attached hydrogen (secondary N) is 1. The predicted octanol–water partition coefficient (Wildman–Crippen LogP) is 4.48. The van der Waals surface area contributed by atoms with Crippen LogP contribution in [-0.4, -0.2) is 77.5 Å². The molecule has 0 aliphatic carbocycles. The van der Waals surface area contributed by atoms with Gasteiger partial charge in [0.15, 0.2) is 5.01 Å². The number of hydrogen-bond donors (Lipinski definition) is 2. The number of halogens is 5. The van der Waals surface area contributed by atoms with Crippen molar-refractivity contribution in [3.63, 3.8) is 0 Å². The third-order valence-corrected chi connectivity index (χ3v) is 9.65. The fourth-order valence-corrected chi connectivity index (χ4v) is 6.90. The van der Waals surface area contributed by atoms with Crippen LogP contribution in [0.5, 0.6) is 0 Å². The van der Waals surface area contributed by atoms with E-state index in [-0.39, 0.29) is 50.5 Å². The zero-order valence-corrected chi connectivity index (χ0v) is 25.1. The molecular weight excluding hydrogens is 634 g/mol. The van der Waals surface area contributed by atoms with Gasteiger partial charge in [0.2, 0.25) is 15.9 Å². The first kappa shape index (κ1) is 31.6. The molecule has 2 atom stereocenters. The highest BCUT2D eigenvalue weighted by atomic mass is 35.5. The molecule has 1 aliphatic heterocycles. The van der Waals surface area contributed by atoms with Crippen molar-refractivity contribution in [3.05, 3.63) is 33.8 Å². The number of hydrogen-bond acceptors (Lipinski definition) is 10. The van der Waals surface area contributed by atoms with Gasteiger partial charge in [-0.3, -0.25) is 4.79 Å². The second-order valence-electron chi connectivity index (χ2n) is 9.71. The molecule has 1 fully saturated rings. The summed E-state index contributed by atoms with van der Waals surface area (Å²) in [4.78, 5) is 19.1. The number of thiazole rings is 1. The highest BCUT2D eigenvalue weighted by Gasteiger charge is 2.40. The Bertz CT molecular complexity index is 1570. The highest BCUT2D eigenvalue weighted by Crippen LogP contribution is 2.44. The Morgan fingerprint density at radius 1 is 1.24 bits per heavy atom. The fraction of sp³-hybridized carbons (Fsp3) is 0.478. The van der Waals surface area contributed by atoms with Gasteiger partial charge in [-0.25, -0.2) is 13.4 Å². The number of benzene rings is 1. The molecule has 1 aromatic carbocycles. The van der Waals surface area contributed by atoms with Crippen molar-refractivity contribution in [2.24, 2.45) is 0 Å². The Kier molecular flexibility index (Phi) is 8.78. The van der Waals surface area contributed by atoms with E-state index < -0.39 is 43.7 Å². The second kappa shape index (κ2) is 11.4. The first-order valence-corrected chi connectivity index (χ1v) is 15.0. The number of alkyl halides is 3. The van der Waals surface area contributed by atoms with Crippen molar-refractivity contribution in [2.45, 2.75) is 56.5 Å². The smallest absolute Gasteiger partial charge is 0.404 e. The molecule has 2 aromatic heterocycles. The molecule has 224 valence electrons. The van der Waals surface area contributed by atoms with Gasteiger partial charge in [0, 0.05) is 12.1 Å². The first-order chi connectivity index (χ1) is 18.9. The lowest BCUT2D eigenvalue weighted by Crippen LogP contribution is -2.47. The van der Waals surface area contributed by atoms with E-state index in [4.69, 9.17) is 32.4 Å². The summed E-state index contributed by atoms with van der Waals surface area (Å²) in [5, 5.41) is 17.1. The Morgan fingerprint density at radius 3 is 2.51 bits per heavy atom. The molecule has 11 nitrogen and oxygen atoms in total. The molecular formula is C23H24Cl2F3N5O6S2. The van der Waals surface area contributed by atoms with E-state index in [1.165, 1.54) is 24.6 Å². The first-order valence-electron chi connectivity index (χ1n) is 12.0. The van der Waals surface area contributed by atoms with Gasteiger partial charge < -0.3 is 19.2 Å². The number of sulfonamides is 1. The van der Waals surface area contributed by atoms with Crippen LogP contribution in [0.15, 0.2) is 21.4 Å². The molecule has 3 heterocycles. The molecule has 0 bridgehead atoms. The monoisotopic (exact) mass is 657 g/mol. The van der Waals surface area contributed by atoms with E-state index >= 15 is 0 Å². The zero-order valence-electron chi connectivity index (χ0n) is 21.9. The Balaban J connectivity index is 1.83. The molecule has 18 heteroatoms. The molecule has 1 saturated heterocycles. The maximum Gasteiger partial charge on any atom is 0.404 e. The van der Waals surface area contributed by atoms with Gasteiger partial charge in [-0.2, -0.15) is 17.9 Å². The van der Waals surface area contributed by atoms with Gasteiger partial charge in [0.05, 0.1) is 34.2 Å². The lowest BCUT2D eigenvalue weighted by Gasteiger charge is -2.33. The number of aliphatic hydroxyl groups is 1. The van der Waals surface area contributed by atoms with Crippen molar-refractivity contribution in [1.82, 2.24) is 24.8 Å². The lowest BCUT2D eigenvalue weighted by molar-refractivity contribution is -0.147. The average Bonchev–Trinajstić information content (AvgIpc) is 3.52. The van der Waals surface area contributed by atoms with Crippen LogP contribution in [0.3, 0.4) is 0 Å². The summed E-state index contributed by atoms with van der Waals surface area (Å²) in [5.41, 5.74) is -1.45. The Morgan fingerprint density at radius 2 is 1.93 bits per heavy atom. The van der Waals surface area contributed by atoms with Crippen molar-refractivity contribution >= 4 is 50.5 Å². The maximum absolute atomic E-state index is 13.7. The third kappa shape index (κ3) is 6.53. The molecule has 41 heavy (non-hydrogen) atoms. The average molecular weight is 659 g/mol. The summed E-state index contributed by atoms with van der Waals surface area (Å²) < 4.78 is 76.9. The summed E-state index contributed by atoms with van der Waals surface area (Å²) >= 11 is 13.7. The molecule has 2 unspecified atom stereocenters. The summed E-state index contributed by atoms with van der Waals surface area (Å²) in [7, 11) is -4.74. The third-order valence-electron chi connectivity index (χ3n) is 5.99. The number of amides is 1. The van der Waals surface area contributed by atoms with Gasteiger partial charge in [0.25, 0.3) is 11.8 Å². The lowest BCUT2D eigenvalue weighted by atomic mass is 10.1. The Labute approximate surface area is 246 Å². The summed E-state index contributed by atoms with van der Waals surface area (Å²) in [6.07, 6.45) is -4.84. The van der Waals surface area contributed by atoms with E-state index in [0.29, 0.717) is 20.1 Å². The number of morpholine rings is 1. The summed E-state index contributed by atoms with van der Waals surface area (Å²) in [6.45, 7) is 6.16. The zero-order chi connectivity index (χ0) is 30.5. The van der Waals surface area contributed by atoms with Gasteiger partial charge >= 0.3 is 6.18 Å². The molecule has 4 rings (SSSR count). The van der Waals surface area contributed by atoms with Crippen LogP contribution in [0.25, 0.3) is 21.3 Å². The Hall–Kier alpha value is -2.34. The number of ether oxygens (including phenoxy) is 1. The van der Waals surface area contributed by atoms with Gasteiger partial charge in [0.1, 0.15) is 22.2 Å². The molecule has 1 aliphatic rings. The van der Waals surface area contributed by atoms with Crippen LogP contribution >= 0.6 is 34.5 Å². The standard InChI is InChI=1S/C23H24Cl2F3N5O6S2/c1-10-9-38-8-7-33(10)20(34)16-17(40-19(29-16)18-30-31-21(39-18)22(3,4)35)12-5-6-13(15(25)14(12)24)41(36,37)32-11(2)23(26,27)28/h5-6,10-11,32,35H,7-9H2,1-4H3. The van der Waals surface area contributed by atoms with Crippen LogP contribution in [0, 0.1) is 0 Å². The van der Waals surface area contributed by atoms with E-state index in [1.807, 2.05) is 0 Å². The normalized spacial score (nSPS) is 17.6. The quantitative estimate of drug-likeness (QED) is 0.375. The number of carbonyl (C=O) groups excluding carboxylic acids is 1. The minimum Gasteiger partial charge on any atom is -0.415 e. The maximum atomic E-state index is 13.7. The molecule has 1 amide bonds. The minimum absolute atomic E-state index is 0.0841. The number of aromatic nitrogens is 3. The van der Waals surface area contributed by atoms with Crippen LogP contribution in [0.1, 0.15) is 44.1 Å². The van der Waals surface area contributed by atoms with E-state index in [9.17, 15) is 31.5 Å². The van der Waals surface area contributed by atoms with E-state index in [1.54, 1.807) is 11.8 Å². The molecule has 0 radical (unpaired) electrons. The topological polar surface area (TPSA) is 148 Å². The van der Waals surface area contributed by atoms with Gasteiger partial charge in [-0.05, 0) is 33.8 Å². The van der Waals surface area contributed by atoms with Gasteiger partial charge in [-0.15, -0.1) is 21.5 Å². The molecule has 0 saturated carbocycles. The van der Waals surface area contributed by atoms with E-state index in [0.717, 1.165) is 17.4 Å². The number of nitrogens with zero attached hydrogens (tertiary/aromatic N) is 4. The van der Waals surface area contributed by atoms with Crippen LogP contribution in [-0.2, 0) is 20.4 Å². The number of carbonyl (C=O) groups is 1. The molecule has 3 aromatic rings. The van der Waals surface area contributed by atoms with Gasteiger partial charge in [-0.1, -0.05) is 29.3 Å². The molecule has 0 spiro atoms. The van der Waals surface area contributed by atoms with Crippen molar-refractivity contribution in [1.29, 1.82) is 0 Å². The fourth-order valence-electron chi connectivity index (χ4n) is 3.74. The minimum atomic E-state index is -4.84. The van der Waals surface area contributed by atoms with Crippen LogP contribution < -0.4 is 4.72 Å². The van der Waals surface area contributed by atoms with Crippen molar-refractivity contribution in [2.75, 3.05) is 19.8 Å². The summed E-state index contributed by atoms with van der Waals surface area (Å²) in [6, 6.07) is -0.491. The van der Waals surface area contributed by atoms with E-state index in [2.05, 4.69) is 15.2 Å². The summed E-state index contributed by atoms with van der Waals surface area (Å²) in [5.74, 6) is -0.700. The number of rotatable bonds is 7. The van der Waals surface area contributed by atoms with Crippen molar-refractivity contribution < 1.29 is 40.6 Å². The van der Waals surface area contributed by atoms with Crippen LogP contribution in [0.4, 0.5) is 13.2 Å².